The number of allylic oxidation sites excluding steroid dienone is 5. The third-order valence-corrected chi connectivity index (χ3v) is 7.54. The fourth-order valence-electron chi connectivity index (χ4n) is 6.03. The molecule has 4 atom stereocenters. The van der Waals surface area contributed by atoms with Crippen molar-refractivity contribution in [2.24, 2.45) is 11.3 Å². The summed E-state index contributed by atoms with van der Waals surface area (Å²) in [5, 5.41) is 0.831. The summed E-state index contributed by atoms with van der Waals surface area (Å²) >= 11 is 6.34. The summed E-state index contributed by atoms with van der Waals surface area (Å²) in [5.41, 5.74) is 4.45. The zero-order chi connectivity index (χ0) is 16.3. The Labute approximate surface area is 147 Å². The molecule has 0 radical (unpaired) electrons. The lowest BCUT2D eigenvalue weighted by molar-refractivity contribution is 0.140. The molecule has 0 amide bonds. The summed E-state index contributed by atoms with van der Waals surface area (Å²) < 4.78 is 6.56. The fraction of sp³-hybridized carbons (Fsp3) is 0.364. The van der Waals surface area contributed by atoms with E-state index >= 15 is 0 Å². The predicted octanol–water partition coefficient (Wildman–Crippen LogP) is 5.22. The number of fused-ring (bicyclic) bond motifs is 3. The molecule has 1 saturated carbocycles. The van der Waals surface area contributed by atoms with E-state index in [1.165, 1.54) is 22.5 Å². The van der Waals surface area contributed by atoms with Crippen molar-refractivity contribution in [3.63, 3.8) is 0 Å². The maximum atomic E-state index is 6.56. The van der Waals surface area contributed by atoms with Crippen LogP contribution in [0.3, 0.4) is 0 Å². The zero-order valence-electron chi connectivity index (χ0n) is 13.8. The standard InChI is InChI=1S/C22H19ClO/c1-20(2)17-11-13(23)7-8-16(17)22-12-21(20,22)10-9-15-14-5-3-4-6-18(14)24-19(15)22/h3-11,14,18H,12H2,1-2H3/t14?,18-,21?,22?/m1/s1. The first-order chi connectivity index (χ1) is 11.5. The molecule has 120 valence electrons. The highest BCUT2D eigenvalue weighted by Crippen LogP contribution is 2.83. The minimum absolute atomic E-state index is 0.0273. The van der Waals surface area contributed by atoms with Crippen LogP contribution in [0, 0.1) is 11.3 Å². The van der Waals surface area contributed by atoms with Gasteiger partial charge in [-0.15, -0.1) is 0 Å². The molecule has 1 aliphatic heterocycles. The van der Waals surface area contributed by atoms with E-state index in [2.05, 4.69) is 62.4 Å². The van der Waals surface area contributed by atoms with Gasteiger partial charge in [-0.2, -0.15) is 0 Å². The van der Waals surface area contributed by atoms with Gasteiger partial charge in [-0.05, 0) is 35.8 Å². The smallest absolute Gasteiger partial charge is 0.127 e. The lowest BCUT2D eigenvalue weighted by atomic mass is 9.70. The molecule has 24 heavy (non-hydrogen) atoms. The van der Waals surface area contributed by atoms with Crippen LogP contribution in [0.1, 0.15) is 31.4 Å². The molecule has 6 rings (SSSR count). The number of ether oxygens (including phenoxy) is 1. The fourth-order valence-corrected chi connectivity index (χ4v) is 6.20. The number of hydrogen-bond acceptors (Lipinski definition) is 1. The molecule has 1 fully saturated rings. The molecule has 1 heterocycles. The van der Waals surface area contributed by atoms with E-state index in [9.17, 15) is 0 Å². The van der Waals surface area contributed by atoms with Crippen molar-refractivity contribution in [1.82, 2.24) is 0 Å². The monoisotopic (exact) mass is 334 g/mol. The number of rotatable bonds is 0. The van der Waals surface area contributed by atoms with Gasteiger partial charge < -0.3 is 4.74 Å². The highest BCUT2D eigenvalue weighted by Gasteiger charge is 2.81. The molecule has 0 aromatic heterocycles. The maximum absolute atomic E-state index is 6.56. The van der Waals surface area contributed by atoms with Crippen molar-refractivity contribution in [3.8, 4) is 0 Å². The molecule has 3 unspecified atom stereocenters. The summed E-state index contributed by atoms with van der Waals surface area (Å²) in [6, 6.07) is 6.46. The van der Waals surface area contributed by atoms with Crippen LogP contribution in [0.4, 0.5) is 0 Å². The molecule has 1 nitrogen and oxygen atoms in total. The van der Waals surface area contributed by atoms with E-state index in [1.54, 1.807) is 0 Å². The van der Waals surface area contributed by atoms with Crippen molar-refractivity contribution in [1.29, 1.82) is 0 Å². The van der Waals surface area contributed by atoms with Gasteiger partial charge in [0.1, 0.15) is 11.9 Å². The van der Waals surface area contributed by atoms with Crippen LogP contribution < -0.4 is 0 Å². The lowest BCUT2D eigenvalue weighted by Gasteiger charge is -2.32. The van der Waals surface area contributed by atoms with E-state index in [1.807, 2.05) is 6.07 Å². The van der Waals surface area contributed by atoms with Crippen LogP contribution in [0.25, 0.3) is 0 Å². The van der Waals surface area contributed by atoms with Gasteiger partial charge in [-0.25, -0.2) is 0 Å². The first-order valence-electron chi connectivity index (χ1n) is 8.77. The van der Waals surface area contributed by atoms with Gasteiger partial charge in [-0.1, -0.05) is 61.9 Å². The highest BCUT2D eigenvalue weighted by molar-refractivity contribution is 6.30. The molecule has 0 bridgehead atoms. The van der Waals surface area contributed by atoms with E-state index < -0.39 is 0 Å². The van der Waals surface area contributed by atoms with E-state index in [-0.39, 0.29) is 22.3 Å². The third-order valence-electron chi connectivity index (χ3n) is 7.31. The molecule has 1 aromatic rings. The second-order valence-electron chi connectivity index (χ2n) is 8.36. The quantitative estimate of drug-likeness (QED) is 0.631. The van der Waals surface area contributed by atoms with Crippen molar-refractivity contribution in [3.05, 3.63) is 82.1 Å². The van der Waals surface area contributed by atoms with Crippen LogP contribution >= 0.6 is 11.6 Å². The first-order valence-corrected chi connectivity index (χ1v) is 9.15. The molecule has 0 spiro atoms. The van der Waals surface area contributed by atoms with Crippen molar-refractivity contribution in [2.45, 2.75) is 37.2 Å². The van der Waals surface area contributed by atoms with Gasteiger partial charge in [0.2, 0.25) is 0 Å². The molecular formula is C22H19ClO. The Hall–Kier alpha value is -1.73. The molecular weight excluding hydrogens is 316 g/mol. The van der Waals surface area contributed by atoms with E-state index in [0.29, 0.717) is 5.92 Å². The summed E-state index contributed by atoms with van der Waals surface area (Å²) in [6.07, 6.45) is 14.9. The molecule has 0 N–H and O–H groups in total. The summed E-state index contributed by atoms with van der Waals surface area (Å²) in [4.78, 5) is 0. The summed E-state index contributed by atoms with van der Waals surface area (Å²) in [7, 11) is 0. The van der Waals surface area contributed by atoms with Gasteiger partial charge in [-0.3, -0.25) is 0 Å². The second kappa shape index (κ2) is 3.75. The Morgan fingerprint density at radius 2 is 1.96 bits per heavy atom. The van der Waals surface area contributed by atoms with Crippen molar-refractivity contribution < 1.29 is 4.74 Å². The van der Waals surface area contributed by atoms with Gasteiger partial charge in [0, 0.05) is 27.3 Å². The van der Waals surface area contributed by atoms with Gasteiger partial charge in [0.25, 0.3) is 0 Å². The molecule has 0 saturated heterocycles. The Kier molecular flexibility index (Phi) is 2.12. The Balaban J connectivity index is 1.62. The van der Waals surface area contributed by atoms with Crippen molar-refractivity contribution >= 4 is 11.6 Å². The summed E-state index contributed by atoms with van der Waals surface area (Å²) in [6.45, 7) is 4.74. The molecule has 1 aromatic carbocycles. The van der Waals surface area contributed by atoms with Gasteiger partial charge in [0.15, 0.2) is 0 Å². The van der Waals surface area contributed by atoms with Crippen LogP contribution in [0.5, 0.6) is 0 Å². The third kappa shape index (κ3) is 1.17. The van der Waals surface area contributed by atoms with Crippen LogP contribution in [0.2, 0.25) is 5.02 Å². The lowest BCUT2D eigenvalue weighted by Crippen LogP contribution is -2.30. The van der Waals surface area contributed by atoms with E-state index in [4.69, 9.17) is 16.3 Å². The molecule has 5 aliphatic rings. The van der Waals surface area contributed by atoms with Crippen molar-refractivity contribution in [2.75, 3.05) is 0 Å². The van der Waals surface area contributed by atoms with Crippen LogP contribution in [-0.4, -0.2) is 6.10 Å². The highest BCUT2D eigenvalue weighted by atomic mass is 35.5. The number of benzene rings is 1. The SMILES string of the molecule is CC1(C)c2cc(Cl)ccc2C23CC12C=CC1=C3O[C@@H]2C=CC=CC12. The largest absolute Gasteiger partial charge is 0.488 e. The van der Waals surface area contributed by atoms with Crippen LogP contribution in [-0.2, 0) is 15.6 Å². The maximum Gasteiger partial charge on any atom is 0.127 e. The number of halogens is 1. The first kappa shape index (κ1) is 13.5. The normalized spacial score (nSPS) is 41.3. The van der Waals surface area contributed by atoms with E-state index in [0.717, 1.165) is 11.4 Å². The molecule has 4 aliphatic carbocycles. The zero-order valence-corrected chi connectivity index (χ0v) is 14.6. The second-order valence-corrected chi connectivity index (χ2v) is 8.80. The number of hydrogen-bond donors (Lipinski definition) is 0. The Bertz CT molecular complexity index is 931. The van der Waals surface area contributed by atoms with Gasteiger partial charge >= 0.3 is 0 Å². The minimum atomic E-state index is 0.0273. The molecule has 2 heteroatoms. The minimum Gasteiger partial charge on any atom is -0.488 e. The Morgan fingerprint density at radius 1 is 1.12 bits per heavy atom. The van der Waals surface area contributed by atoms with Gasteiger partial charge in [0.05, 0.1) is 5.41 Å². The average molecular weight is 335 g/mol. The average Bonchev–Trinajstić information content (AvgIpc) is 3.11. The predicted molar refractivity (Wildman–Crippen MR) is 96.0 cm³/mol. The summed E-state index contributed by atoms with van der Waals surface area (Å²) in [5.74, 6) is 1.60. The van der Waals surface area contributed by atoms with Crippen LogP contribution in [0.15, 0.2) is 66.0 Å². The topological polar surface area (TPSA) is 9.23 Å². The Morgan fingerprint density at radius 3 is 2.83 bits per heavy atom.